The SMILES string of the molecule is CCOC(=O)c1cc(C)n(CC(=O)OCCN2C(=O)c3ccccc3C2=O)c1C. The van der Waals surface area contributed by atoms with Crippen molar-refractivity contribution in [2.24, 2.45) is 0 Å². The fourth-order valence-corrected chi connectivity index (χ4v) is 3.33. The number of imide groups is 1. The lowest BCUT2D eigenvalue weighted by molar-refractivity contribution is -0.144. The summed E-state index contributed by atoms with van der Waals surface area (Å²) in [4.78, 5) is 49.9. The molecule has 1 aromatic heterocycles. The first-order valence-corrected chi connectivity index (χ1v) is 9.29. The molecule has 0 radical (unpaired) electrons. The molecule has 29 heavy (non-hydrogen) atoms. The van der Waals surface area contributed by atoms with E-state index in [4.69, 9.17) is 9.47 Å². The molecule has 1 aliphatic rings. The molecule has 8 heteroatoms. The molecule has 3 rings (SSSR count). The second-order valence-corrected chi connectivity index (χ2v) is 6.62. The highest BCUT2D eigenvalue weighted by atomic mass is 16.5. The number of amides is 2. The van der Waals surface area contributed by atoms with Crippen molar-refractivity contribution in [1.29, 1.82) is 0 Å². The number of fused-ring (bicyclic) bond motifs is 1. The molecule has 0 N–H and O–H groups in total. The van der Waals surface area contributed by atoms with Crippen molar-refractivity contribution in [3.8, 4) is 0 Å². The molecule has 2 heterocycles. The van der Waals surface area contributed by atoms with Gasteiger partial charge in [0, 0.05) is 11.4 Å². The fraction of sp³-hybridized carbons (Fsp3) is 0.333. The van der Waals surface area contributed by atoms with E-state index in [0.717, 1.165) is 10.6 Å². The van der Waals surface area contributed by atoms with Gasteiger partial charge in [-0.05, 0) is 39.0 Å². The Hall–Kier alpha value is -3.42. The summed E-state index contributed by atoms with van der Waals surface area (Å²) in [6.45, 7) is 5.29. The Kier molecular flexibility index (Phi) is 5.81. The predicted molar refractivity (Wildman–Crippen MR) is 103 cm³/mol. The molecule has 0 aliphatic carbocycles. The summed E-state index contributed by atoms with van der Waals surface area (Å²) >= 11 is 0. The normalized spacial score (nSPS) is 12.9. The van der Waals surface area contributed by atoms with Crippen molar-refractivity contribution in [2.45, 2.75) is 27.3 Å². The third-order valence-corrected chi connectivity index (χ3v) is 4.81. The Morgan fingerprint density at radius 3 is 2.21 bits per heavy atom. The maximum Gasteiger partial charge on any atom is 0.339 e. The number of hydrogen-bond acceptors (Lipinski definition) is 6. The van der Waals surface area contributed by atoms with Gasteiger partial charge in [0.05, 0.1) is 29.8 Å². The van der Waals surface area contributed by atoms with Crippen LogP contribution in [0, 0.1) is 13.8 Å². The van der Waals surface area contributed by atoms with E-state index in [0.29, 0.717) is 22.4 Å². The molecule has 2 aromatic rings. The second kappa shape index (κ2) is 8.30. The Morgan fingerprint density at radius 1 is 1.00 bits per heavy atom. The van der Waals surface area contributed by atoms with Gasteiger partial charge in [-0.25, -0.2) is 4.79 Å². The fourth-order valence-electron chi connectivity index (χ4n) is 3.33. The van der Waals surface area contributed by atoms with Crippen LogP contribution in [0.1, 0.15) is 49.4 Å². The number of aromatic nitrogens is 1. The topological polar surface area (TPSA) is 94.9 Å². The van der Waals surface area contributed by atoms with Crippen LogP contribution >= 0.6 is 0 Å². The summed E-state index contributed by atoms with van der Waals surface area (Å²) in [5, 5.41) is 0. The van der Waals surface area contributed by atoms with Gasteiger partial charge >= 0.3 is 11.9 Å². The standard InChI is InChI=1S/C21H22N2O6/c1-4-28-21(27)17-11-13(2)23(14(17)3)12-18(24)29-10-9-22-19(25)15-7-5-6-8-16(15)20(22)26/h5-8,11H,4,9-10,12H2,1-3H3. The monoisotopic (exact) mass is 398 g/mol. The van der Waals surface area contributed by atoms with Gasteiger partial charge in [0.25, 0.3) is 11.8 Å². The molecule has 152 valence electrons. The van der Waals surface area contributed by atoms with Gasteiger partial charge in [-0.2, -0.15) is 0 Å². The van der Waals surface area contributed by atoms with Gasteiger partial charge in [0.2, 0.25) is 0 Å². The van der Waals surface area contributed by atoms with Crippen molar-refractivity contribution in [3.63, 3.8) is 0 Å². The summed E-state index contributed by atoms with van der Waals surface area (Å²) in [6, 6.07) is 8.25. The molecular weight excluding hydrogens is 376 g/mol. The van der Waals surface area contributed by atoms with E-state index in [-0.39, 0.29) is 26.3 Å². The van der Waals surface area contributed by atoms with Gasteiger partial charge in [-0.3, -0.25) is 19.3 Å². The van der Waals surface area contributed by atoms with E-state index in [2.05, 4.69) is 0 Å². The second-order valence-electron chi connectivity index (χ2n) is 6.62. The molecule has 0 fully saturated rings. The molecule has 8 nitrogen and oxygen atoms in total. The van der Waals surface area contributed by atoms with Crippen molar-refractivity contribution in [1.82, 2.24) is 9.47 Å². The molecule has 1 aromatic carbocycles. The zero-order valence-corrected chi connectivity index (χ0v) is 16.6. The van der Waals surface area contributed by atoms with Gasteiger partial charge in [0.1, 0.15) is 13.2 Å². The van der Waals surface area contributed by atoms with Crippen molar-refractivity contribution in [2.75, 3.05) is 19.8 Å². The number of ether oxygens (including phenoxy) is 2. The van der Waals surface area contributed by atoms with Crippen LogP contribution in [0.5, 0.6) is 0 Å². The Labute approximate surface area is 168 Å². The Morgan fingerprint density at radius 2 is 1.62 bits per heavy atom. The summed E-state index contributed by atoms with van der Waals surface area (Å²) < 4.78 is 11.9. The van der Waals surface area contributed by atoms with Crippen LogP contribution < -0.4 is 0 Å². The first kappa shape index (κ1) is 20.3. The van der Waals surface area contributed by atoms with Gasteiger partial charge in [-0.1, -0.05) is 12.1 Å². The zero-order valence-electron chi connectivity index (χ0n) is 16.6. The highest BCUT2D eigenvalue weighted by molar-refractivity contribution is 6.21. The molecule has 0 bridgehead atoms. The average molecular weight is 398 g/mol. The molecule has 2 amide bonds. The number of aryl methyl sites for hydroxylation is 1. The number of esters is 2. The maximum absolute atomic E-state index is 12.3. The average Bonchev–Trinajstić information content (AvgIpc) is 3.11. The number of nitrogens with zero attached hydrogens (tertiary/aromatic N) is 2. The van der Waals surface area contributed by atoms with E-state index in [1.165, 1.54) is 0 Å². The Balaban J connectivity index is 1.57. The predicted octanol–water partition coefficient (Wildman–Crippen LogP) is 2.12. The van der Waals surface area contributed by atoms with Crippen LogP contribution in [0.2, 0.25) is 0 Å². The van der Waals surface area contributed by atoms with E-state index in [1.54, 1.807) is 55.7 Å². The van der Waals surface area contributed by atoms with Crippen LogP contribution in [0.3, 0.4) is 0 Å². The molecule has 0 unspecified atom stereocenters. The zero-order chi connectivity index (χ0) is 21.1. The number of carbonyl (C=O) groups is 4. The summed E-state index contributed by atoms with van der Waals surface area (Å²) in [5.41, 5.74) is 2.45. The molecule has 0 spiro atoms. The lowest BCUT2D eigenvalue weighted by Gasteiger charge is -2.14. The van der Waals surface area contributed by atoms with Crippen molar-refractivity contribution in [3.05, 3.63) is 58.4 Å². The van der Waals surface area contributed by atoms with Gasteiger partial charge < -0.3 is 14.0 Å². The minimum Gasteiger partial charge on any atom is -0.462 e. The first-order valence-electron chi connectivity index (χ1n) is 9.29. The number of hydrogen-bond donors (Lipinski definition) is 0. The van der Waals surface area contributed by atoms with Crippen LogP contribution in [-0.2, 0) is 20.8 Å². The van der Waals surface area contributed by atoms with Crippen molar-refractivity contribution < 1.29 is 28.7 Å². The Bertz CT molecular complexity index is 956. The third-order valence-electron chi connectivity index (χ3n) is 4.81. The minimum absolute atomic E-state index is 0.0181. The highest BCUT2D eigenvalue weighted by Crippen LogP contribution is 2.22. The van der Waals surface area contributed by atoms with Crippen molar-refractivity contribution >= 4 is 23.8 Å². The van der Waals surface area contributed by atoms with E-state index < -0.39 is 23.8 Å². The maximum atomic E-state index is 12.3. The van der Waals surface area contributed by atoms with Crippen LogP contribution in [0.15, 0.2) is 30.3 Å². The highest BCUT2D eigenvalue weighted by Gasteiger charge is 2.34. The third kappa shape index (κ3) is 3.91. The number of benzene rings is 1. The van der Waals surface area contributed by atoms with Crippen LogP contribution in [0.4, 0.5) is 0 Å². The van der Waals surface area contributed by atoms with Crippen LogP contribution in [0.25, 0.3) is 0 Å². The van der Waals surface area contributed by atoms with E-state index in [1.807, 2.05) is 0 Å². The lowest BCUT2D eigenvalue weighted by Crippen LogP contribution is -2.33. The smallest absolute Gasteiger partial charge is 0.339 e. The molecule has 1 aliphatic heterocycles. The van der Waals surface area contributed by atoms with Crippen LogP contribution in [-0.4, -0.2) is 53.0 Å². The summed E-state index contributed by atoms with van der Waals surface area (Å²) in [7, 11) is 0. The number of carbonyl (C=O) groups excluding carboxylic acids is 4. The molecular formula is C21H22N2O6. The van der Waals surface area contributed by atoms with Gasteiger partial charge in [-0.15, -0.1) is 0 Å². The van der Waals surface area contributed by atoms with E-state index in [9.17, 15) is 19.2 Å². The first-order chi connectivity index (χ1) is 13.8. The quantitative estimate of drug-likeness (QED) is 0.524. The minimum atomic E-state index is -0.529. The lowest BCUT2D eigenvalue weighted by atomic mass is 10.1. The summed E-state index contributed by atoms with van der Waals surface area (Å²) in [6.07, 6.45) is 0. The van der Waals surface area contributed by atoms with E-state index >= 15 is 0 Å². The molecule has 0 saturated carbocycles. The summed E-state index contributed by atoms with van der Waals surface area (Å²) in [5.74, 6) is -1.75. The molecule has 0 saturated heterocycles. The van der Waals surface area contributed by atoms with Gasteiger partial charge in [0.15, 0.2) is 0 Å². The molecule has 0 atom stereocenters. The number of rotatable bonds is 7. The largest absolute Gasteiger partial charge is 0.462 e.